The Morgan fingerprint density at radius 2 is 2.23 bits per heavy atom. The minimum Gasteiger partial charge on any atom is -0.496 e. The van der Waals surface area contributed by atoms with Gasteiger partial charge in [0.1, 0.15) is 17.1 Å². The summed E-state index contributed by atoms with van der Waals surface area (Å²) in [6.45, 7) is 8.46. The van der Waals surface area contributed by atoms with Crippen molar-refractivity contribution in [2.24, 2.45) is 0 Å². The molecule has 0 N–H and O–H groups in total. The molecule has 0 aliphatic heterocycles. The Morgan fingerprint density at radius 1 is 1.54 bits per heavy atom. The third-order valence-electron chi connectivity index (χ3n) is 1.84. The molecule has 0 saturated carbocycles. The lowest BCUT2D eigenvalue weighted by atomic mass is 10.1. The SMILES string of the molecule is [C-]#[N+]C(C)c1c(F)cccc1OC. The molecule has 0 amide bonds. The van der Waals surface area contributed by atoms with E-state index in [0.717, 1.165) is 0 Å². The Kier molecular flexibility index (Phi) is 2.86. The zero-order chi connectivity index (χ0) is 9.84. The van der Waals surface area contributed by atoms with Crippen LogP contribution >= 0.6 is 0 Å². The number of halogens is 1. The molecule has 0 bridgehead atoms. The highest BCUT2D eigenvalue weighted by Crippen LogP contribution is 2.29. The third-order valence-corrected chi connectivity index (χ3v) is 1.84. The smallest absolute Gasteiger partial charge is 0.252 e. The van der Waals surface area contributed by atoms with Crippen molar-refractivity contribution in [3.63, 3.8) is 0 Å². The zero-order valence-corrected chi connectivity index (χ0v) is 7.54. The molecule has 0 radical (unpaired) electrons. The van der Waals surface area contributed by atoms with Gasteiger partial charge in [0.25, 0.3) is 6.04 Å². The van der Waals surface area contributed by atoms with Crippen molar-refractivity contribution in [2.75, 3.05) is 7.11 Å². The average Bonchev–Trinajstić information content (AvgIpc) is 2.16. The summed E-state index contributed by atoms with van der Waals surface area (Å²) in [5, 5.41) is 0. The maximum Gasteiger partial charge on any atom is 0.252 e. The molecule has 0 spiro atoms. The number of ether oxygens (including phenoxy) is 1. The Balaban J connectivity index is 3.24. The van der Waals surface area contributed by atoms with E-state index in [2.05, 4.69) is 4.85 Å². The van der Waals surface area contributed by atoms with Gasteiger partial charge in [-0.05, 0) is 12.1 Å². The molecule has 68 valence electrons. The van der Waals surface area contributed by atoms with E-state index in [-0.39, 0.29) is 5.82 Å². The first-order chi connectivity index (χ1) is 6.20. The molecular weight excluding hydrogens is 169 g/mol. The van der Waals surface area contributed by atoms with Gasteiger partial charge in [0.05, 0.1) is 7.11 Å². The second-order valence-corrected chi connectivity index (χ2v) is 2.66. The number of hydrogen-bond acceptors (Lipinski definition) is 1. The summed E-state index contributed by atoms with van der Waals surface area (Å²) < 4.78 is 18.2. The molecule has 1 aromatic rings. The fraction of sp³-hybridized carbons (Fsp3) is 0.300. The number of rotatable bonds is 2. The standard InChI is InChI=1S/C10H10FNO/c1-7(12-2)10-8(11)5-4-6-9(10)13-3/h4-7H,1,3H3. The maximum absolute atomic E-state index is 13.3. The lowest BCUT2D eigenvalue weighted by Gasteiger charge is -2.07. The molecule has 1 unspecified atom stereocenters. The molecule has 1 aromatic carbocycles. The van der Waals surface area contributed by atoms with Crippen LogP contribution in [0.2, 0.25) is 0 Å². The highest BCUT2D eigenvalue weighted by atomic mass is 19.1. The predicted octanol–water partition coefficient (Wildman–Crippen LogP) is 2.81. The van der Waals surface area contributed by atoms with Crippen molar-refractivity contribution in [3.05, 3.63) is 41.0 Å². The van der Waals surface area contributed by atoms with Crippen LogP contribution in [0.4, 0.5) is 4.39 Å². The van der Waals surface area contributed by atoms with Crippen LogP contribution in [0.15, 0.2) is 18.2 Å². The third kappa shape index (κ3) is 1.78. The topological polar surface area (TPSA) is 13.6 Å². The van der Waals surface area contributed by atoms with Gasteiger partial charge in [-0.15, -0.1) is 0 Å². The molecular formula is C10H10FNO. The highest BCUT2D eigenvalue weighted by molar-refractivity contribution is 5.38. The second kappa shape index (κ2) is 3.90. The zero-order valence-electron chi connectivity index (χ0n) is 7.54. The van der Waals surface area contributed by atoms with Gasteiger partial charge in [-0.2, -0.15) is 0 Å². The van der Waals surface area contributed by atoms with Gasteiger partial charge < -0.3 is 9.58 Å². The quantitative estimate of drug-likeness (QED) is 0.636. The number of benzene rings is 1. The number of nitrogens with zero attached hydrogens (tertiary/aromatic N) is 1. The van der Waals surface area contributed by atoms with E-state index in [1.807, 2.05) is 0 Å². The molecule has 2 nitrogen and oxygen atoms in total. The molecule has 1 rings (SSSR count). The van der Waals surface area contributed by atoms with E-state index in [1.165, 1.54) is 13.2 Å². The fourth-order valence-electron chi connectivity index (χ4n) is 1.17. The van der Waals surface area contributed by atoms with E-state index in [4.69, 9.17) is 11.3 Å². The second-order valence-electron chi connectivity index (χ2n) is 2.66. The van der Waals surface area contributed by atoms with E-state index in [9.17, 15) is 4.39 Å². The maximum atomic E-state index is 13.3. The van der Waals surface area contributed by atoms with Gasteiger partial charge in [0, 0.05) is 6.92 Å². The van der Waals surface area contributed by atoms with Crippen molar-refractivity contribution in [1.29, 1.82) is 0 Å². The Morgan fingerprint density at radius 3 is 2.77 bits per heavy atom. The highest BCUT2D eigenvalue weighted by Gasteiger charge is 2.19. The van der Waals surface area contributed by atoms with Crippen LogP contribution in [0.5, 0.6) is 5.75 Å². The van der Waals surface area contributed by atoms with E-state index in [0.29, 0.717) is 11.3 Å². The van der Waals surface area contributed by atoms with Gasteiger partial charge in [-0.25, -0.2) is 11.0 Å². The van der Waals surface area contributed by atoms with Gasteiger partial charge in [0.15, 0.2) is 0 Å². The van der Waals surface area contributed by atoms with E-state index < -0.39 is 6.04 Å². The molecule has 0 heterocycles. The van der Waals surface area contributed by atoms with Crippen LogP contribution < -0.4 is 4.74 Å². The molecule has 0 fully saturated rings. The van der Waals surface area contributed by atoms with Crippen LogP contribution in [0.3, 0.4) is 0 Å². The van der Waals surface area contributed by atoms with Crippen LogP contribution in [-0.4, -0.2) is 7.11 Å². The lowest BCUT2D eigenvalue weighted by molar-refractivity contribution is 0.403. The summed E-state index contributed by atoms with van der Waals surface area (Å²) in [4.78, 5) is 3.26. The number of methoxy groups -OCH3 is 1. The largest absolute Gasteiger partial charge is 0.496 e. The van der Waals surface area contributed by atoms with Crippen LogP contribution in [0, 0.1) is 12.4 Å². The molecule has 0 aliphatic carbocycles. The van der Waals surface area contributed by atoms with Crippen LogP contribution in [-0.2, 0) is 0 Å². The fourth-order valence-corrected chi connectivity index (χ4v) is 1.17. The molecule has 13 heavy (non-hydrogen) atoms. The summed E-state index contributed by atoms with van der Waals surface area (Å²) >= 11 is 0. The minimum atomic E-state index is -0.504. The van der Waals surface area contributed by atoms with Gasteiger partial charge in [-0.1, -0.05) is 6.07 Å². The summed E-state index contributed by atoms with van der Waals surface area (Å²) in [6, 6.07) is 4.05. The van der Waals surface area contributed by atoms with Crippen molar-refractivity contribution < 1.29 is 9.13 Å². The normalized spacial score (nSPS) is 11.8. The Labute approximate surface area is 76.8 Å². The first-order valence-electron chi connectivity index (χ1n) is 3.89. The van der Waals surface area contributed by atoms with Crippen molar-refractivity contribution in [2.45, 2.75) is 13.0 Å². The Hall–Kier alpha value is -1.56. The molecule has 0 aliphatic rings. The van der Waals surface area contributed by atoms with Crippen molar-refractivity contribution >= 4 is 0 Å². The predicted molar refractivity (Wildman–Crippen MR) is 48.0 cm³/mol. The van der Waals surface area contributed by atoms with Gasteiger partial charge in [0.2, 0.25) is 0 Å². The summed E-state index contributed by atoms with van der Waals surface area (Å²) in [5.74, 6) is 0.0475. The van der Waals surface area contributed by atoms with Gasteiger partial charge in [-0.3, -0.25) is 0 Å². The van der Waals surface area contributed by atoms with Crippen LogP contribution in [0.1, 0.15) is 18.5 Å². The van der Waals surface area contributed by atoms with Crippen molar-refractivity contribution in [1.82, 2.24) is 0 Å². The molecule has 1 atom stereocenters. The number of hydrogen-bond donors (Lipinski definition) is 0. The van der Waals surface area contributed by atoms with Crippen LogP contribution in [0.25, 0.3) is 4.85 Å². The monoisotopic (exact) mass is 179 g/mol. The first-order valence-corrected chi connectivity index (χ1v) is 3.89. The van der Waals surface area contributed by atoms with Crippen molar-refractivity contribution in [3.8, 4) is 5.75 Å². The Bertz CT molecular complexity index is 343. The lowest BCUT2D eigenvalue weighted by Crippen LogP contribution is -1.97. The average molecular weight is 179 g/mol. The molecule has 3 heteroatoms. The summed E-state index contributed by atoms with van der Waals surface area (Å²) in [7, 11) is 1.47. The minimum absolute atomic E-state index is 0.333. The summed E-state index contributed by atoms with van der Waals surface area (Å²) in [5.41, 5.74) is 0.333. The van der Waals surface area contributed by atoms with E-state index in [1.54, 1.807) is 19.1 Å². The molecule has 0 aromatic heterocycles. The summed E-state index contributed by atoms with van der Waals surface area (Å²) in [6.07, 6.45) is 0. The van der Waals surface area contributed by atoms with E-state index >= 15 is 0 Å². The molecule has 0 saturated heterocycles. The van der Waals surface area contributed by atoms with Gasteiger partial charge >= 0.3 is 0 Å². The first kappa shape index (κ1) is 9.53.